The molecule has 27 heavy (non-hydrogen) atoms. The molecule has 1 N–H and O–H groups in total. The van der Waals surface area contributed by atoms with Crippen molar-refractivity contribution in [1.29, 1.82) is 0 Å². The zero-order chi connectivity index (χ0) is 20.0. The minimum atomic E-state index is -0.810. The minimum Gasteiger partial charge on any atom is -0.486 e. The van der Waals surface area contributed by atoms with Crippen LogP contribution in [-0.4, -0.2) is 50.8 Å². The predicted molar refractivity (Wildman–Crippen MR) is 96.1 cm³/mol. The molecule has 2 rings (SSSR count). The van der Waals surface area contributed by atoms with Crippen molar-refractivity contribution in [3.63, 3.8) is 0 Å². The standard InChI is InChI=1S/C18H22ClNO7/c1-4-10(2)15(18(23)24-3)20-14(21)9-27-17(22)11-7-12(19)16-13(8-11)25-5-6-26-16/h7-8,10,15H,4-6,9H2,1-3H3,(H,20,21)/t10-,15+/m0/s1. The van der Waals surface area contributed by atoms with Gasteiger partial charge in [0.25, 0.3) is 5.91 Å². The zero-order valence-electron chi connectivity index (χ0n) is 15.4. The summed E-state index contributed by atoms with van der Waals surface area (Å²) in [5.74, 6) is -1.33. The number of rotatable bonds is 7. The fraction of sp³-hybridized carbons (Fsp3) is 0.500. The van der Waals surface area contributed by atoms with E-state index in [4.69, 9.17) is 30.5 Å². The molecule has 0 unspecified atom stereocenters. The Balaban J connectivity index is 1.97. The topological polar surface area (TPSA) is 100 Å². The average Bonchev–Trinajstić information content (AvgIpc) is 2.68. The van der Waals surface area contributed by atoms with Crippen molar-refractivity contribution in [3.8, 4) is 11.5 Å². The molecule has 1 amide bonds. The highest BCUT2D eigenvalue weighted by molar-refractivity contribution is 6.32. The molecular weight excluding hydrogens is 378 g/mol. The number of hydrogen-bond donors (Lipinski definition) is 1. The molecule has 0 saturated heterocycles. The molecule has 0 fully saturated rings. The Labute approximate surface area is 162 Å². The van der Waals surface area contributed by atoms with Crippen molar-refractivity contribution in [3.05, 3.63) is 22.7 Å². The number of fused-ring (bicyclic) bond motifs is 1. The normalized spacial score (nSPS) is 14.7. The van der Waals surface area contributed by atoms with E-state index in [0.717, 1.165) is 0 Å². The Morgan fingerprint density at radius 2 is 1.96 bits per heavy atom. The van der Waals surface area contributed by atoms with Crippen LogP contribution in [0.15, 0.2) is 12.1 Å². The first kappa shape index (κ1) is 20.8. The van der Waals surface area contributed by atoms with E-state index in [9.17, 15) is 14.4 Å². The Kier molecular flexibility index (Phi) is 7.29. The van der Waals surface area contributed by atoms with Gasteiger partial charge in [0.1, 0.15) is 19.3 Å². The highest BCUT2D eigenvalue weighted by Crippen LogP contribution is 2.38. The highest BCUT2D eigenvalue weighted by atomic mass is 35.5. The molecule has 148 valence electrons. The fourth-order valence-corrected chi connectivity index (χ4v) is 2.72. The predicted octanol–water partition coefficient (Wildman–Crippen LogP) is 1.97. The van der Waals surface area contributed by atoms with E-state index in [1.54, 1.807) is 0 Å². The van der Waals surface area contributed by atoms with E-state index in [1.807, 2.05) is 13.8 Å². The van der Waals surface area contributed by atoms with E-state index >= 15 is 0 Å². The first-order valence-corrected chi connectivity index (χ1v) is 8.88. The van der Waals surface area contributed by atoms with Gasteiger partial charge in [-0.05, 0) is 18.1 Å². The molecule has 0 aromatic heterocycles. The van der Waals surface area contributed by atoms with Crippen molar-refractivity contribution < 1.29 is 33.3 Å². The van der Waals surface area contributed by atoms with E-state index in [2.05, 4.69) is 5.32 Å². The van der Waals surface area contributed by atoms with Gasteiger partial charge in [0, 0.05) is 0 Å². The summed E-state index contributed by atoms with van der Waals surface area (Å²) in [5.41, 5.74) is 0.128. The van der Waals surface area contributed by atoms with Gasteiger partial charge in [-0.15, -0.1) is 0 Å². The Bertz CT molecular complexity index is 722. The number of amides is 1. The van der Waals surface area contributed by atoms with Crippen LogP contribution in [0.25, 0.3) is 0 Å². The second kappa shape index (κ2) is 9.45. The lowest BCUT2D eigenvalue weighted by molar-refractivity contribution is -0.147. The molecule has 1 heterocycles. The van der Waals surface area contributed by atoms with Gasteiger partial charge in [-0.1, -0.05) is 31.9 Å². The fourth-order valence-electron chi connectivity index (χ4n) is 2.45. The van der Waals surface area contributed by atoms with Crippen molar-refractivity contribution in [2.75, 3.05) is 26.9 Å². The minimum absolute atomic E-state index is 0.128. The lowest BCUT2D eigenvalue weighted by atomic mass is 9.99. The van der Waals surface area contributed by atoms with E-state index in [1.165, 1.54) is 19.2 Å². The van der Waals surface area contributed by atoms with Gasteiger partial charge in [-0.25, -0.2) is 9.59 Å². The van der Waals surface area contributed by atoms with Crippen LogP contribution in [0.4, 0.5) is 0 Å². The Morgan fingerprint density at radius 3 is 2.63 bits per heavy atom. The Morgan fingerprint density at radius 1 is 1.26 bits per heavy atom. The smallest absolute Gasteiger partial charge is 0.338 e. The lowest BCUT2D eigenvalue weighted by Crippen LogP contribution is -2.47. The lowest BCUT2D eigenvalue weighted by Gasteiger charge is -2.22. The van der Waals surface area contributed by atoms with Crippen LogP contribution < -0.4 is 14.8 Å². The summed E-state index contributed by atoms with van der Waals surface area (Å²) < 4.78 is 20.5. The number of esters is 2. The number of ether oxygens (including phenoxy) is 4. The number of methoxy groups -OCH3 is 1. The zero-order valence-corrected chi connectivity index (χ0v) is 16.1. The molecule has 9 heteroatoms. The third kappa shape index (κ3) is 5.26. The molecule has 1 aliphatic rings. The molecule has 1 aromatic rings. The SMILES string of the molecule is CC[C@H](C)[C@@H](NC(=O)COC(=O)c1cc(Cl)c2c(c1)OCCO2)C(=O)OC. The third-order valence-electron chi connectivity index (χ3n) is 4.15. The number of halogens is 1. The average molecular weight is 400 g/mol. The molecule has 8 nitrogen and oxygen atoms in total. The van der Waals surface area contributed by atoms with Crippen LogP contribution in [0.2, 0.25) is 5.02 Å². The van der Waals surface area contributed by atoms with Gasteiger partial charge >= 0.3 is 11.9 Å². The van der Waals surface area contributed by atoms with Crippen molar-refractivity contribution in [1.82, 2.24) is 5.32 Å². The van der Waals surface area contributed by atoms with E-state index in [0.29, 0.717) is 31.1 Å². The van der Waals surface area contributed by atoms with Crippen molar-refractivity contribution >= 4 is 29.4 Å². The van der Waals surface area contributed by atoms with Gasteiger partial charge in [0.2, 0.25) is 0 Å². The molecule has 1 aromatic carbocycles. The quantitative estimate of drug-likeness (QED) is 0.699. The van der Waals surface area contributed by atoms with Gasteiger partial charge in [-0.3, -0.25) is 4.79 Å². The number of carbonyl (C=O) groups excluding carboxylic acids is 3. The van der Waals surface area contributed by atoms with Crippen LogP contribution in [0.3, 0.4) is 0 Å². The maximum absolute atomic E-state index is 12.2. The Hall–Kier alpha value is -2.48. The largest absolute Gasteiger partial charge is 0.486 e. The van der Waals surface area contributed by atoms with Crippen LogP contribution in [0.5, 0.6) is 11.5 Å². The van der Waals surface area contributed by atoms with E-state index in [-0.39, 0.29) is 16.5 Å². The monoisotopic (exact) mass is 399 g/mol. The summed E-state index contributed by atoms with van der Waals surface area (Å²) in [6, 6.07) is 2.01. The highest BCUT2D eigenvalue weighted by Gasteiger charge is 2.27. The summed E-state index contributed by atoms with van der Waals surface area (Å²) in [4.78, 5) is 36.1. The first-order valence-electron chi connectivity index (χ1n) is 8.50. The van der Waals surface area contributed by atoms with E-state index < -0.39 is 30.5 Å². The van der Waals surface area contributed by atoms with Crippen molar-refractivity contribution in [2.45, 2.75) is 26.3 Å². The van der Waals surface area contributed by atoms with Crippen LogP contribution >= 0.6 is 11.6 Å². The maximum atomic E-state index is 12.2. The molecule has 0 aliphatic carbocycles. The van der Waals surface area contributed by atoms with Crippen LogP contribution in [0, 0.1) is 5.92 Å². The summed E-state index contributed by atoms with van der Waals surface area (Å²) in [6.45, 7) is 3.86. The molecular formula is C18H22ClNO7. The summed E-state index contributed by atoms with van der Waals surface area (Å²) in [5, 5.41) is 2.74. The molecule has 1 aliphatic heterocycles. The molecule has 0 radical (unpaired) electrons. The summed E-state index contributed by atoms with van der Waals surface area (Å²) in [6.07, 6.45) is 0.662. The number of hydrogen-bond acceptors (Lipinski definition) is 7. The van der Waals surface area contributed by atoms with Gasteiger partial charge < -0.3 is 24.3 Å². The molecule has 0 spiro atoms. The van der Waals surface area contributed by atoms with Gasteiger partial charge in [-0.2, -0.15) is 0 Å². The third-order valence-corrected chi connectivity index (χ3v) is 4.43. The first-order chi connectivity index (χ1) is 12.9. The van der Waals surface area contributed by atoms with Crippen LogP contribution in [0.1, 0.15) is 30.6 Å². The number of benzene rings is 1. The summed E-state index contributed by atoms with van der Waals surface area (Å²) in [7, 11) is 1.25. The second-order valence-electron chi connectivity index (χ2n) is 6.01. The van der Waals surface area contributed by atoms with Gasteiger partial charge in [0.15, 0.2) is 18.1 Å². The number of carbonyl (C=O) groups is 3. The van der Waals surface area contributed by atoms with Crippen LogP contribution in [-0.2, 0) is 19.1 Å². The van der Waals surface area contributed by atoms with Crippen molar-refractivity contribution in [2.24, 2.45) is 5.92 Å². The second-order valence-corrected chi connectivity index (χ2v) is 6.42. The molecule has 2 atom stereocenters. The maximum Gasteiger partial charge on any atom is 0.338 e. The molecule has 0 bridgehead atoms. The summed E-state index contributed by atoms with van der Waals surface area (Å²) >= 11 is 6.08. The molecule has 0 saturated carbocycles. The number of nitrogens with one attached hydrogen (secondary N) is 1. The van der Waals surface area contributed by atoms with Gasteiger partial charge in [0.05, 0.1) is 17.7 Å².